The maximum absolute atomic E-state index is 15.6. The van der Waals surface area contributed by atoms with E-state index in [0.29, 0.717) is 23.0 Å². The summed E-state index contributed by atoms with van der Waals surface area (Å²) in [5.41, 5.74) is 2.14. The van der Waals surface area contributed by atoms with Gasteiger partial charge in [-0.05, 0) is 81.4 Å². The van der Waals surface area contributed by atoms with E-state index < -0.39 is 11.6 Å². The van der Waals surface area contributed by atoms with Crippen LogP contribution in [0.4, 0.5) is 20.3 Å². The fourth-order valence-corrected chi connectivity index (χ4v) is 5.38. The molecular weight excluding hydrogens is 486 g/mol. The van der Waals surface area contributed by atoms with E-state index in [1.54, 1.807) is 25.3 Å². The molecule has 1 aromatic heterocycles. The highest BCUT2D eigenvalue weighted by Gasteiger charge is 2.22. The van der Waals surface area contributed by atoms with Crippen LogP contribution in [-0.2, 0) is 4.74 Å². The van der Waals surface area contributed by atoms with Crippen molar-refractivity contribution in [2.24, 2.45) is 5.92 Å². The van der Waals surface area contributed by atoms with Crippen LogP contribution >= 0.6 is 0 Å². The molecular formula is C29H34F2N6O. The molecule has 2 aliphatic heterocycles. The number of piperidine rings is 1. The summed E-state index contributed by atoms with van der Waals surface area (Å²) < 4.78 is 37.1. The number of hydrogen-bond acceptors (Lipinski definition) is 6. The number of rotatable bonds is 7. The van der Waals surface area contributed by atoms with Gasteiger partial charge in [0.15, 0.2) is 5.82 Å². The Morgan fingerprint density at radius 2 is 1.89 bits per heavy atom. The van der Waals surface area contributed by atoms with Crippen molar-refractivity contribution in [3.63, 3.8) is 0 Å². The van der Waals surface area contributed by atoms with Gasteiger partial charge in [-0.3, -0.25) is 0 Å². The molecule has 0 radical (unpaired) electrons. The summed E-state index contributed by atoms with van der Waals surface area (Å²) >= 11 is 0. The van der Waals surface area contributed by atoms with Gasteiger partial charge >= 0.3 is 0 Å². The average molecular weight is 521 g/mol. The molecule has 0 aliphatic carbocycles. The summed E-state index contributed by atoms with van der Waals surface area (Å²) in [6, 6.07) is 13.3. The average Bonchev–Trinajstić information content (AvgIpc) is 3.18. The van der Waals surface area contributed by atoms with Gasteiger partial charge in [-0.1, -0.05) is 6.07 Å². The van der Waals surface area contributed by atoms with Gasteiger partial charge in [0, 0.05) is 44.1 Å². The maximum Gasteiger partial charge on any atom is 0.150 e. The highest BCUT2D eigenvalue weighted by Crippen LogP contribution is 2.31. The molecule has 2 saturated heterocycles. The van der Waals surface area contributed by atoms with Crippen molar-refractivity contribution in [3.8, 4) is 23.0 Å². The molecule has 7 nitrogen and oxygen atoms in total. The van der Waals surface area contributed by atoms with Crippen molar-refractivity contribution in [1.82, 2.24) is 15.1 Å². The van der Waals surface area contributed by atoms with Gasteiger partial charge in [-0.25, -0.2) is 13.5 Å². The van der Waals surface area contributed by atoms with Crippen molar-refractivity contribution in [2.75, 3.05) is 50.1 Å². The lowest BCUT2D eigenvalue weighted by atomic mass is 10.0. The minimum atomic E-state index is -0.617. The van der Waals surface area contributed by atoms with Crippen LogP contribution in [0.1, 0.15) is 37.7 Å². The summed E-state index contributed by atoms with van der Waals surface area (Å²) in [7, 11) is 1.73. The number of nitrogens with one attached hydrogen (secondary N) is 2. The summed E-state index contributed by atoms with van der Waals surface area (Å²) in [6.07, 6.45) is 5.40. The number of methoxy groups -OCH3 is 1. The van der Waals surface area contributed by atoms with Gasteiger partial charge in [0.25, 0.3) is 0 Å². The minimum Gasteiger partial charge on any atom is -0.381 e. The predicted molar refractivity (Wildman–Crippen MR) is 145 cm³/mol. The SMILES string of the molecule is COC1CCN(c2ccc(-n3nc(NCC4CCCNCC4)cc3-c3ccc(C#N)c(F)c3)c(F)c2)CC1. The van der Waals surface area contributed by atoms with E-state index in [1.807, 2.05) is 18.2 Å². The van der Waals surface area contributed by atoms with Crippen molar-refractivity contribution < 1.29 is 13.5 Å². The molecule has 200 valence electrons. The van der Waals surface area contributed by atoms with Crippen LogP contribution in [0.15, 0.2) is 42.5 Å². The summed E-state index contributed by atoms with van der Waals surface area (Å²) in [6.45, 7) is 4.41. The molecule has 1 atom stereocenters. The highest BCUT2D eigenvalue weighted by atomic mass is 19.1. The van der Waals surface area contributed by atoms with Crippen LogP contribution in [-0.4, -0.2) is 55.7 Å². The molecule has 3 heterocycles. The predicted octanol–water partition coefficient (Wildman–Crippen LogP) is 5.11. The third-order valence-electron chi connectivity index (χ3n) is 7.66. The number of hydrogen-bond donors (Lipinski definition) is 2. The van der Waals surface area contributed by atoms with Crippen LogP contribution in [0.5, 0.6) is 0 Å². The molecule has 2 N–H and O–H groups in total. The monoisotopic (exact) mass is 520 g/mol. The molecule has 0 bridgehead atoms. The van der Waals surface area contributed by atoms with Gasteiger partial charge in [0.1, 0.15) is 23.4 Å². The zero-order valence-corrected chi connectivity index (χ0v) is 21.7. The van der Waals surface area contributed by atoms with Gasteiger partial charge in [0.05, 0.1) is 17.4 Å². The Bertz CT molecular complexity index is 1290. The second-order valence-corrected chi connectivity index (χ2v) is 10.1. The third-order valence-corrected chi connectivity index (χ3v) is 7.66. The molecule has 0 spiro atoms. The fraction of sp³-hybridized carbons (Fsp3) is 0.448. The van der Waals surface area contributed by atoms with Crippen molar-refractivity contribution in [1.29, 1.82) is 5.26 Å². The molecule has 0 amide bonds. The Kier molecular flexibility index (Phi) is 8.20. The van der Waals surface area contributed by atoms with Crippen molar-refractivity contribution in [2.45, 2.75) is 38.2 Å². The lowest BCUT2D eigenvalue weighted by molar-refractivity contribution is 0.0819. The fourth-order valence-electron chi connectivity index (χ4n) is 5.38. The van der Waals surface area contributed by atoms with E-state index in [0.717, 1.165) is 70.5 Å². The molecule has 5 rings (SSSR count). The van der Waals surface area contributed by atoms with Gasteiger partial charge in [0.2, 0.25) is 0 Å². The smallest absolute Gasteiger partial charge is 0.150 e. The molecule has 3 aromatic rings. The zero-order chi connectivity index (χ0) is 26.5. The summed E-state index contributed by atoms with van der Waals surface area (Å²) in [4.78, 5) is 2.16. The Balaban J connectivity index is 1.44. The number of nitriles is 1. The maximum atomic E-state index is 15.6. The molecule has 9 heteroatoms. The van der Waals surface area contributed by atoms with Gasteiger partial charge < -0.3 is 20.3 Å². The van der Waals surface area contributed by atoms with Crippen molar-refractivity contribution >= 4 is 11.5 Å². The van der Waals surface area contributed by atoms with E-state index in [-0.39, 0.29) is 17.4 Å². The first kappa shape index (κ1) is 26.1. The van der Waals surface area contributed by atoms with Crippen LogP contribution in [0, 0.1) is 28.9 Å². The third kappa shape index (κ3) is 5.82. The lowest BCUT2D eigenvalue weighted by Crippen LogP contribution is -2.36. The molecule has 0 saturated carbocycles. The van der Waals surface area contributed by atoms with Gasteiger partial charge in [-0.2, -0.15) is 5.26 Å². The van der Waals surface area contributed by atoms with E-state index in [4.69, 9.17) is 15.1 Å². The molecule has 1 unspecified atom stereocenters. The number of aromatic nitrogens is 2. The lowest BCUT2D eigenvalue weighted by Gasteiger charge is -2.33. The largest absolute Gasteiger partial charge is 0.381 e. The summed E-state index contributed by atoms with van der Waals surface area (Å²) in [5, 5.41) is 20.7. The standard InChI is InChI=1S/C29H34F2N6O/c1-38-24-9-13-36(14-10-24)23-6-7-27(26(31)16-23)37-28(21-4-5-22(18-32)25(30)15-21)17-29(35-37)34-19-20-3-2-11-33-12-8-20/h4-7,15-17,20,24,33H,2-3,8-14,19H2,1H3,(H,34,35). The normalized spacial score (nSPS) is 18.7. The first-order valence-corrected chi connectivity index (χ1v) is 13.4. The number of benzene rings is 2. The van der Waals surface area contributed by atoms with E-state index in [9.17, 15) is 4.39 Å². The topological polar surface area (TPSA) is 78.1 Å². The van der Waals surface area contributed by atoms with E-state index in [2.05, 4.69) is 15.5 Å². The second kappa shape index (κ2) is 11.9. The second-order valence-electron chi connectivity index (χ2n) is 10.1. The molecule has 2 fully saturated rings. The van der Waals surface area contributed by atoms with Crippen LogP contribution in [0.2, 0.25) is 0 Å². The Morgan fingerprint density at radius 1 is 1.05 bits per heavy atom. The van der Waals surface area contributed by atoms with Crippen LogP contribution in [0.3, 0.4) is 0 Å². The molecule has 38 heavy (non-hydrogen) atoms. The molecule has 2 aliphatic rings. The van der Waals surface area contributed by atoms with Crippen molar-refractivity contribution in [3.05, 3.63) is 59.7 Å². The number of nitrogens with zero attached hydrogens (tertiary/aromatic N) is 4. The minimum absolute atomic E-state index is 0.0343. The number of halogens is 2. The number of anilines is 2. The Morgan fingerprint density at radius 3 is 2.63 bits per heavy atom. The van der Waals surface area contributed by atoms with E-state index in [1.165, 1.54) is 16.8 Å². The van der Waals surface area contributed by atoms with Gasteiger partial charge in [-0.15, -0.1) is 5.10 Å². The summed E-state index contributed by atoms with van der Waals surface area (Å²) in [5.74, 6) is 0.0982. The van der Waals surface area contributed by atoms with Crippen LogP contribution < -0.4 is 15.5 Å². The van der Waals surface area contributed by atoms with E-state index >= 15 is 4.39 Å². The Labute approximate surface area is 222 Å². The Hall–Kier alpha value is -3.48. The first-order valence-electron chi connectivity index (χ1n) is 13.4. The number of ether oxygens (including phenoxy) is 1. The van der Waals surface area contributed by atoms with Crippen LogP contribution in [0.25, 0.3) is 16.9 Å². The quantitative estimate of drug-likeness (QED) is 0.451. The highest BCUT2D eigenvalue weighted by molar-refractivity contribution is 5.67. The molecule has 2 aromatic carbocycles. The zero-order valence-electron chi connectivity index (χ0n) is 21.7. The first-order chi connectivity index (χ1) is 18.6.